The monoisotopic (exact) mass is 360 g/mol. The van der Waals surface area contributed by atoms with Gasteiger partial charge < -0.3 is 10.0 Å². The van der Waals surface area contributed by atoms with E-state index in [-0.39, 0.29) is 25.4 Å². The molecule has 1 aromatic carbocycles. The number of benzene rings is 1. The van der Waals surface area contributed by atoms with E-state index in [1.54, 1.807) is 7.05 Å². The number of carboxylic acid groups (broad SMARTS) is 1. The number of likely N-dealkylation sites (tertiary alicyclic amines) is 1. The molecule has 8 nitrogen and oxygen atoms in total. The maximum absolute atomic E-state index is 13.1. The molecule has 3 rings (SSSR count). The minimum atomic E-state index is -1.56. The van der Waals surface area contributed by atoms with Crippen LogP contribution in [-0.2, 0) is 34.4 Å². The molecule has 9 heteroatoms. The molecule has 2 heterocycles. The second-order valence-corrected chi connectivity index (χ2v) is 6.23. The van der Waals surface area contributed by atoms with Gasteiger partial charge in [-0.05, 0) is 24.1 Å². The Morgan fingerprint density at radius 3 is 2.58 bits per heavy atom. The van der Waals surface area contributed by atoms with Crippen molar-refractivity contribution in [3.8, 4) is 0 Å². The quantitative estimate of drug-likeness (QED) is 0.749. The first-order chi connectivity index (χ1) is 12.4. The van der Waals surface area contributed by atoms with Crippen LogP contribution in [0.15, 0.2) is 30.6 Å². The SMILES string of the molecule is Cn1ncnc1CN1C[C@H](C(=O)C(=O)O)[C@@H](Cc2ccc(F)cc2)C1=O. The Morgan fingerprint density at radius 2 is 2.00 bits per heavy atom. The average Bonchev–Trinajstić information content (AvgIpc) is 3.14. The molecular formula is C17H17FN4O4. The van der Waals surface area contributed by atoms with Crippen LogP contribution in [0.4, 0.5) is 4.39 Å². The number of aryl methyl sites for hydroxylation is 1. The molecule has 1 aromatic heterocycles. The van der Waals surface area contributed by atoms with Crippen LogP contribution in [0.25, 0.3) is 0 Å². The van der Waals surface area contributed by atoms with Crippen molar-refractivity contribution >= 4 is 17.7 Å². The van der Waals surface area contributed by atoms with Crippen molar-refractivity contribution in [3.05, 3.63) is 47.8 Å². The highest BCUT2D eigenvalue weighted by Crippen LogP contribution is 2.30. The van der Waals surface area contributed by atoms with Crippen LogP contribution in [0.3, 0.4) is 0 Å². The molecule has 0 radical (unpaired) electrons. The van der Waals surface area contributed by atoms with Gasteiger partial charge in [0.1, 0.15) is 18.0 Å². The van der Waals surface area contributed by atoms with Crippen LogP contribution < -0.4 is 0 Å². The van der Waals surface area contributed by atoms with Gasteiger partial charge in [-0.2, -0.15) is 5.10 Å². The summed E-state index contributed by atoms with van der Waals surface area (Å²) >= 11 is 0. The van der Waals surface area contributed by atoms with Crippen LogP contribution in [-0.4, -0.2) is 49.0 Å². The van der Waals surface area contributed by atoms with E-state index in [1.165, 1.54) is 40.2 Å². The number of aliphatic carboxylic acids is 1. The van der Waals surface area contributed by atoms with E-state index in [9.17, 15) is 18.8 Å². The lowest BCUT2D eigenvalue weighted by molar-refractivity contribution is -0.151. The molecule has 1 aliphatic rings. The summed E-state index contributed by atoms with van der Waals surface area (Å²) in [7, 11) is 1.68. The first kappa shape index (κ1) is 17.7. The van der Waals surface area contributed by atoms with E-state index in [2.05, 4.69) is 10.1 Å². The Labute approximate surface area is 148 Å². The smallest absolute Gasteiger partial charge is 0.372 e. The summed E-state index contributed by atoms with van der Waals surface area (Å²) in [6.45, 7) is 0.140. The third-order valence-corrected chi connectivity index (χ3v) is 4.59. The van der Waals surface area contributed by atoms with E-state index < -0.39 is 29.4 Å². The van der Waals surface area contributed by atoms with E-state index in [0.717, 1.165) is 0 Å². The number of amides is 1. The van der Waals surface area contributed by atoms with E-state index >= 15 is 0 Å². The molecule has 0 unspecified atom stereocenters. The minimum absolute atomic E-state index is 0.00267. The number of Topliss-reactive ketones (excluding diaryl/α,β-unsaturated/α-hetero) is 1. The van der Waals surface area contributed by atoms with Gasteiger partial charge in [-0.15, -0.1) is 0 Å². The summed E-state index contributed by atoms with van der Waals surface area (Å²) in [4.78, 5) is 41.5. The van der Waals surface area contributed by atoms with Crippen LogP contribution in [0, 0.1) is 17.7 Å². The zero-order chi connectivity index (χ0) is 18.8. The summed E-state index contributed by atoms with van der Waals surface area (Å²) < 4.78 is 14.6. The minimum Gasteiger partial charge on any atom is -0.475 e. The molecule has 1 saturated heterocycles. The van der Waals surface area contributed by atoms with E-state index in [1.807, 2.05) is 0 Å². The van der Waals surface area contributed by atoms with Crippen molar-refractivity contribution < 1.29 is 23.9 Å². The van der Waals surface area contributed by atoms with Gasteiger partial charge in [0.15, 0.2) is 0 Å². The Balaban J connectivity index is 1.84. The third-order valence-electron chi connectivity index (χ3n) is 4.59. The van der Waals surface area contributed by atoms with E-state index in [4.69, 9.17) is 5.11 Å². The number of rotatable bonds is 6. The normalized spacial score (nSPS) is 19.8. The van der Waals surface area contributed by atoms with Crippen molar-refractivity contribution in [1.29, 1.82) is 0 Å². The predicted molar refractivity (Wildman–Crippen MR) is 86.1 cm³/mol. The largest absolute Gasteiger partial charge is 0.475 e. The molecule has 1 N–H and O–H groups in total. The first-order valence-electron chi connectivity index (χ1n) is 8.00. The van der Waals surface area contributed by atoms with Gasteiger partial charge in [0, 0.05) is 13.6 Å². The molecule has 0 bridgehead atoms. The Bertz CT molecular complexity index is 849. The number of ketones is 1. The lowest BCUT2D eigenvalue weighted by Gasteiger charge is -2.15. The molecule has 0 spiro atoms. The molecule has 1 fully saturated rings. The zero-order valence-electron chi connectivity index (χ0n) is 14.0. The summed E-state index contributed by atoms with van der Waals surface area (Å²) in [6, 6.07) is 5.58. The number of carbonyl (C=O) groups is 3. The summed E-state index contributed by atoms with van der Waals surface area (Å²) in [5.74, 6) is -4.53. The number of carboxylic acids is 1. The molecule has 2 aromatic rings. The number of hydrogen-bond donors (Lipinski definition) is 1. The number of hydrogen-bond acceptors (Lipinski definition) is 5. The standard InChI is InChI=1S/C17H17FN4O4/c1-21-14(19-9-20-21)8-22-7-13(15(23)17(25)26)12(16(22)24)6-10-2-4-11(18)5-3-10/h2-5,9,12-13H,6-8H2,1H3,(H,25,26)/t12-,13+/m1/s1. The molecule has 2 atom stereocenters. The van der Waals surface area contributed by atoms with Gasteiger partial charge in [0.05, 0.1) is 18.4 Å². The Morgan fingerprint density at radius 1 is 1.31 bits per heavy atom. The number of carbonyl (C=O) groups excluding carboxylic acids is 2. The Hall–Kier alpha value is -3.10. The highest BCUT2D eigenvalue weighted by Gasteiger charge is 2.46. The van der Waals surface area contributed by atoms with Crippen LogP contribution in [0.2, 0.25) is 0 Å². The van der Waals surface area contributed by atoms with Gasteiger partial charge in [0.2, 0.25) is 11.7 Å². The van der Waals surface area contributed by atoms with Crippen molar-refractivity contribution in [3.63, 3.8) is 0 Å². The molecule has 0 saturated carbocycles. The average molecular weight is 360 g/mol. The highest BCUT2D eigenvalue weighted by molar-refractivity contribution is 6.34. The third kappa shape index (κ3) is 3.46. The van der Waals surface area contributed by atoms with Crippen LogP contribution in [0.1, 0.15) is 11.4 Å². The van der Waals surface area contributed by atoms with Gasteiger partial charge >= 0.3 is 5.97 Å². The second-order valence-electron chi connectivity index (χ2n) is 6.23. The van der Waals surface area contributed by atoms with Crippen molar-refractivity contribution in [2.45, 2.75) is 13.0 Å². The molecule has 136 valence electrons. The summed E-state index contributed by atoms with van der Waals surface area (Å²) in [6.07, 6.45) is 1.52. The van der Waals surface area contributed by atoms with Crippen molar-refractivity contribution in [1.82, 2.24) is 19.7 Å². The lowest BCUT2D eigenvalue weighted by atomic mass is 9.86. The van der Waals surface area contributed by atoms with Gasteiger partial charge in [-0.1, -0.05) is 12.1 Å². The van der Waals surface area contributed by atoms with Crippen LogP contribution >= 0.6 is 0 Å². The van der Waals surface area contributed by atoms with Crippen LogP contribution in [0.5, 0.6) is 0 Å². The fraction of sp³-hybridized carbons (Fsp3) is 0.353. The van der Waals surface area contributed by atoms with Gasteiger partial charge in [-0.3, -0.25) is 14.3 Å². The summed E-state index contributed by atoms with van der Waals surface area (Å²) in [5.41, 5.74) is 0.661. The maximum atomic E-state index is 13.1. The molecule has 1 amide bonds. The second kappa shape index (κ2) is 7.03. The lowest BCUT2D eigenvalue weighted by Crippen LogP contribution is -2.31. The first-order valence-corrected chi connectivity index (χ1v) is 8.00. The molecular weight excluding hydrogens is 343 g/mol. The molecule has 1 aliphatic heterocycles. The maximum Gasteiger partial charge on any atom is 0.372 e. The van der Waals surface area contributed by atoms with E-state index in [0.29, 0.717) is 11.4 Å². The number of halogens is 1. The molecule has 0 aliphatic carbocycles. The predicted octanol–water partition coefficient (Wildman–Crippen LogP) is 0.425. The fourth-order valence-corrected chi connectivity index (χ4v) is 3.17. The van der Waals surface area contributed by atoms with Gasteiger partial charge in [-0.25, -0.2) is 14.2 Å². The number of nitrogens with zero attached hydrogens (tertiary/aromatic N) is 4. The topological polar surface area (TPSA) is 105 Å². The highest BCUT2D eigenvalue weighted by atomic mass is 19.1. The zero-order valence-corrected chi connectivity index (χ0v) is 14.0. The van der Waals surface area contributed by atoms with Gasteiger partial charge in [0.25, 0.3) is 0 Å². The fourth-order valence-electron chi connectivity index (χ4n) is 3.17. The number of aromatic nitrogens is 3. The van der Waals surface area contributed by atoms with Crippen molar-refractivity contribution in [2.24, 2.45) is 18.9 Å². The summed E-state index contributed by atoms with van der Waals surface area (Å²) in [5, 5.41) is 13.0. The molecule has 26 heavy (non-hydrogen) atoms. The van der Waals surface area contributed by atoms with Crippen molar-refractivity contribution in [2.75, 3.05) is 6.54 Å². The Kier molecular flexibility index (Phi) is 4.79.